The van der Waals surface area contributed by atoms with Crippen LogP contribution in [0.2, 0.25) is 0 Å². The maximum atomic E-state index is 12.6. The third-order valence-electron chi connectivity index (χ3n) is 4.56. The van der Waals surface area contributed by atoms with Crippen molar-refractivity contribution in [2.24, 2.45) is 0 Å². The summed E-state index contributed by atoms with van der Waals surface area (Å²) < 4.78 is 113. The second kappa shape index (κ2) is 9.22. The van der Waals surface area contributed by atoms with E-state index in [1.807, 2.05) is 0 Å². The average molecular weight is 533 g/mol. The van der Waals surface area contributed by atoms with Crippen molar-refractivity contribution < 1.29 is 48.8 Å². The van der Waals surface area contributed by atoms with Gasteiger partial charge in [-0.05, 0) is 53.9 Å². The van der Waals surface area contributed by atoms with Crippen LogP contribution in [-0.2, 0) is 16.6 Å². The lowest BCUT2D eigenvalue weighted by molar-refractivity contribution is -0.274. The number of sulfonamides is 1. The van der Waals surface area contributed by atoms with Crippen molar-refractivity contribution in [1.82, 2.24) is 10.1 Å². The van der Waals surface area contributed by atoms with Gasteiger partial charge in [-0.25, -0.2) is 0 Å². The minimum absolute atomic E-state index is 0.0344. The van der Waals surface area contributed by atoms with Crippen LogP contribution >= 0.6 is 0 Å². The number of hydrogen-bond donors (Lipinski definition) is 1. The van der Waals surface area contributed by atoms with Crippen molar-refractivity contribution in [2.45, 2.75) is 18.5 Å². The summed E-state index contributed by atoms with van der Waals surface area (Å²) in [5.41, 5.74) is -5.39. The predicted octanol–water partition coefficient (Wildman–Crippen LogP) is 5.63. The molecule has 0 aliphatic heterocycles. The Bertz CT molecular complexity index is 1480. The summed E-state index contributed by atoms with van der Waals surface area (Å²) in [7, 11) is -5.57. The van der Waals surface area contributed by atoms with E-state index in [0.29, 0.717) is 22.1 Å². The normalized spacial score (nSPS) is 12.5. The highest BCUT2D eigenvalue weighted by molar-refractivity contribution is 7.93. The molecule has 1 N–H and O–H groups in total. The zero-order valence-electron chi connectivity index (χ0n) is 17.6. The molecular formula is C21H13F6N3O5S. The van der Waals surface area contributed by atoms with E-state index in [1.165, 1.54) is 29.0 Å². The van der Waals surface area contributed by atoms with Gasteiger partial charge in [0.2, 0.25) is 5.82 Å². The number of ether oxygens (including phenoxy) is 2. The van der Waals surface area contributed by atoms with Crippen LogP contribution in [0.5, 0.6) is 11.5 Å². The topological polar surface area (TPSA) is 104 Å². The summed E-state index contributed by atoms with van der Waals surface area (Å²) in [5, 5.41) is 4.60. The molecule has 8 nitrogen and oxygen atoms in total. The molecule has 0 amide bonds. The first-order chi connectivity index (χ1) is 16.8. The molecule has 3 aromatic carbocycles. The standard InChI is InChI=1S/C21H13F6N3O5S/c22-20(23,24)34-15-7-4-12(5-8-15)19-28-18(35-29-19)11-33-17-3-1-2-13-10-14(6-9-16(13)17)30-36(31,32)21(25,26)27/h1-10,30H,11H2. The Balaban J connectivity index is 1.46. The molecule has 15 heteroatoms. The van der Waals surface area contributed by atoms with Gasteiger partial charge >= 0.3 is 21.9 Å². The first-order valence-electron chi connectivity index (χ1n) is 9.74. The first-order valence-corrected chi connectivity index (χ1v) is 11.2. The molecule has 0 unspecified atom stereocenters. The van der Waals surface area contributed by atoms with Crippen molar-refractivity contribution in [3.8, 4) is 22.9 Å². The van der Waals surface area contributed by atoms with E-state index >= 15 is 0 Å². The number of halogens is 6. The van der Waals surface area contributed by atoms with Gasteiger partial charge in [-0.1, -0.05) is 17.3 Å². The van der Waals surface area contributed by atoms with E-state index in [-0.39, 0.29) is 24.0 Å². The van der Waals surface area contributed by atoms with E-state index in [2.05, 4.69) is 14.9 Å². The van der Waals surface area contributed by atoms with Gasteiger partial charge in [0.25, 0.3) is 5.89 Å². The van der Waals surface area contributed by atoms with Crippen LogP contribution in [0.3, 0.4) is 0 Å². The summed E-state index contributed by atoms with van der Waals surface area (Å²) >= 11 is 0. The van der Waals surface area contributed by atoms with Crippen LogP contribution in [0.1, 0.15) is 5.89 Å². The molecule has 4 aromatic rings. The Kier molecular flexibility index (Phi) is 6.43. The molecule has 4 rings (SSSR count). The minimum atomic E-state index is -5.57. The van der Waals surface area contributed by atoms with Crippen molar-refractivity contribution in [3.63, 3.8) is 0 Å². The van der Waals surface area contributed by atoms with Gasteiger partial charge in [0.15, 0.2) is 6.61 Å². The molecule has 0 aliphatic carbocycles. The highest BCUT2D eigenvalue weighted by Crippen LogP contribution is 2.31. The third kappa shape index (κ3) is 5.79. The van der Waals surface area contributed by atoms with Crippen molar-refractivity contribution in [1.29, 1.82) is 0 Å². The third-order valence-corrected chi connectivity index (χ3v) is 5.68. The van der Waals surface area contributed by atoms with Crippen LogP contribution in [0.25, 0.3) is 22.2 Å². The number of aromatic nitrogens is 2. The van der Waals surface area contributed by atoms with Gasteiger partial charge in [-0.3, -0.25) is 4.72 Å². The summed E-state index contributed by atoms with van der Waals surface area (Å²) in [6.07, 6.45) is -4.82. The highest BCUT2D eigenvalue weighted by Gasteiger charge is 2.46. The second-order valence-corrected chi connectivity index (χ2v) is 8.79. The Morgan fingerprint density at radius 3 is 2.33 bits per heavy atom. The fraction of sp³-hybridized carbons (Fsp3) is 0.143. The van der Waals surface area contributed by atoms with E-state index in [1.54, 1.807) is 18.2 Å². The van der Waals surface area contributed by atoms with Crippen molar-refractivity contribution in [2.75, 3.05) is 4.72 Å². The summed E-state index contributed by atoms with van der Waals surface area (Å²) in [6.45, 7) is -0.205. The minimum Gasteiger partial charge on any atom is -0.483 e. The molecule has 0 saturated heterocycles. The molecule has 36 heavy (non-hydrogen) atoms. The van der Waals surface area contributed by atoms with Crippen LogP contribution in [0, 0.1) is 0 Å². The number of hydrogen-bond acceptors (Lipinski definition) is 7. The maximum Gasteiger partial charge on any atom is 0.573 e. The van der Waals surface area contributed by atoms with Crippen molar-refractivity contribution in [3.05, 3.63) is 66.6 Å². The van der Waals surface area contributed by atoms with Gasteiger partial charge in [0.1, 0.15) is 11.5 Å². The Morgan fingerprint density at radius 2 is 1.67 bits per heavy atom. The lowest BCUT2D eigenvalue weighted by atomic mass is 10.1. The summed E-state index contributed by atoms with van der Waals surface area (Å²) in [6, 6.07) is 13.2. The average Bonchev–Trinajstić information content (AvgIpc) is 3.25. The molecule has 0 aliphatic rings. The number of nitrogens with one attached hydrogen (secondary N) is 1. The molecule has 0 spiro atoms. The second-order valence-electron chi connectivity index (χ2n) is 7.12. The van der Waals surface area contributed by atoms with E-state index in [9.17, 15) is 34.8 Å². The number of nitrogens with zero attached hydrogens (tertiary/aromatic N) is 2. The van der Waals surface area contributed by atoms with Crippen molar-refractivity contribution >= 4 is 26.5 Å². The molecule has 1 heterocycles. The number of alkyl halides is 6. The fourth-order valence-electron chi connectivity index (χ4n) is 3.03. The number of anilines is 1. The van der Waals surface area contributed by atoms with E-state index in [4.69, 9.17) is 9.26 Å². The molecule has 1 aromatic heterocycles. The van der Waals surface area contributed by atoms with Gasteiger partial charge < -0.3 is 14.0 Å². The van der Waals surface area contributed by atoms with Crippen LogP contribution in [-0.4, -0.2) is 30.4 Å². The van der Waals surface area contributed by atoms with Crippen LogP contribution < -0.4 is 14.2 Å². The molecule has 0 saturated carbocycles. The molecule has 0 fully saturated rings. The summed E-state index contributed by atoms with van der Waals surface area (Å²) in [5.74, 6) is 0.00796. The van der Waals surface area contributed by atoms with Crippen LogP contribution in [0.4, 0.5) is 32.0 Å². The molecule has 0 atom stereocenters. The quantitative estimate of drug-likeness (QED) is 0.307. The SMILES string of the molecule is O=S(=O)(Nc1ccc2c(OCc3nc(-c4ccc(OC(F)(F)F)cc4)no3)cccc2c1)C(F)(F)F. The zero-order valence-corrected chi connectivity index (χ0v) is 18.4. The van der Waals surface area contributed by atoms with Gasteiger partial charge in [0, 0.05) is 16.6 Å². The number of fused-ring (bicyclic) bond motifs is 1. The number of benzene rings is 3. The van der Waals surface area contributed by atoms with Gasteiger partial charge in [0.05, 0.1) is 0 Å². The fourth-order valence-corrected chi connectivity index (χ4v) is 3.59. The van der Waals surface area contributed by atoms with Gasteiger partial charge in [-0.15, -0.1) is 13.2 Å². The predicted molar refractivity (Wildman–Crippen MR) is 113 cm³/mol. The van der Waals surface area contributed by atoms with Gasteiger partial charge in [-0.2, -0.15) is 26.6 Å². The zero-order chi connectivity index (χ0) is 26.1. The van der Waals surface area contributed by atoms with Crippen LogP contribution in [0.15, 0.2) is 65.2 Å². The molecule has 190 valence electrons. The Hall–Kier alpha value is -4.01. The Morgan fingerprint density at radius 1 is 0.944 bits per heavy atom. The first kappa shape index (κ1) is 25.1. The maximum absolute atomic E-state index is 12.6. The van der Waals surface area contributed by atoms with E-state index < -0.39 is 27.6 Å². The molecular weight excluding hydrogens is 520 g/mol. The smallest absolute Gasteiger partial charge is 0.483 e. The largest absolute Gasteiger partial charge is 0.573 e. The monoisotopic (exact) mass is 533 g/mol. The Labute approximate surface area is 198 Å². The highest BCUT2D eigenvalue weighted by atomic mass is 32.2. The van der Waals surface area contributed by atoms with E-state index in [0.717, 1.165) is 18.2 Å². The lowest BCUT2D eigenvalue weighted by Crippen LogP contribution is -2.29. The lowest BCUT2D eigenvalue weighted by Gasteiger charge is -2.12. The molecule has 0 radical (unpaired) electrons. The number of rotatable bonds is 7. The molecule has 0 bridgehead atoms. The summed E-state index contributed by atoms with van der Waals surface area (Å²) in [4.78, 5) is 4.11.